The van der Waals surface area contributed by atoms with Crippen molar-refractivity contribution in [2.24, 2.45) is 5.92 Å². The van der Waals surface area contributed by atoms with Gasteiger partial charge in [0.2, 0.25) is 0 Å². The van der Waals surface area contributed by atoms with Crippen LogP contribution in [0.3, 0.4) is 0 Å². The van der Waals surface area contributed by atoms with E-state index in [-0.39, 0.29) is 12.0 Å². The summed E-state index contributed by atoms with van der Waals surface area (Å²) in [5.41, 5.74) is -0.895. The van der Waals surface area contributed by atoms with Gasteiger partial charge >= 0.3 is 6.09 Å². The number of rotatable bonds is 4. The van der Waals surface area contributed by atoms with Crippen molar-refractivity contribution >= 4 is 12.4 Å². The molecule has 1 amide bonds. The highest BCUT2D eigenvalue weighted by Gasteiger charge is 2.37. The van der Waals surface area contributed by atoms with Crippen molar-refractivity contribution in [2.75, 3.05) is 20.2 Å². The zero-order valence-corrected chi connectivity index (χ0v) is 13.3. The van der Waals surface area contributed by atoms with Crippen LogP contribution in [0.4, 0.5) is 4.79 Å². The van der Waals surface area contributed by atoms with Gasteiger partial charge in [0.05, 0.1) is 5.60 Å². The molecule has 1 saturated heterocycles. The first-order chi connectivity index (χ1) is 9.22. The van der Waals surface area contributed by atoms with Crippen LogP contribution in [0.25, 0.3) is 0 Å². The summed E-state index contributed by atoms with van der Waals surface area (Å²) in [6, 6.07) is 0. The highest BCUT2D eigenvalue weighted by Crippen LogP contribution is 2.33. The van der Waals surface area contributed by atoms with E-state index in [9.17, 15) is 9.59 Å². The van der Waals surface area contributed by atoms with E-state index in [4.69, 9.17) is 9.47 Å². The Bertz CT molecular complexity index is 342. The van der Waals surface area contributed by atoms with Crippen molar-refractivity contribution in [3.63, 3.8) is 0 Å². The third-order valence-electron chi connectivity index (χ3n) is 3.97. The lowest BCUT2D eigenvalue weighted by Crippen LogP contribution is -2.47. The summed E-state index contributed by atoms with van der Waals surface area (Å²) < 4.78 is 10.9. The van der Waals surface area contributed by atoms with Crippen LogP contribution in [-0.4, -0.2) is 48.7 Å². The normalized spacial score (nSPS) is 20.4. The lowest BCUT2D eigenvalue weighted by atomic mass is 9.80. The number of likely N-dealkylation sites (tertiary alicyclic amines) is 1. The fraction of sp³-hybridized carbons (Fsp3) is 0.867. The van der Waals surface area contributed by atoms with Gasteiger partial charge in [-0.2, -0.15) is 0 Å². The van der Waals surface area contributed by atoms with Gasteiger partial charge in [0.15, 0.2) is 0 Å². The van der Waals surface area contributed by atoms with E-state index in [2.05, 4.69) is 0 Å². The molecular weight excluding hydrogens is 258 g/mol. The first-order valence-corrected chi connectivity index (χ1v) is 7.18. The first kappa shape index (κ1) is 17.0. The number of ether oxygens (including phenoxy) is 2. The summed E-state index contributed by atoms with van der Waals surface area (Å²) >= 11 is 0. The van der Waals surface area contributed by atoms with Crippen molar-refractivity contribution in [2.45, 2.75) is 58.2 Å². The van der Waals surface area contributed by atoms with Gasteiger partial charge in [-0.1, -0.05) is 0 Å². The molecule has 0 aromatic rings. The molecule has 1 aliphatic heterocycles. The quantitative estimate of drug-likeness (QED) is 0.745. The van der Waals surface area contributed by atoms with Crippen LogP contribution in [0.15, 0.2) is 0 Å². The summed E-state index contributed by atoms with van der Waals surface area (Å²) in [6.07, 6.45) is 2.70. The molecule has 1 aliphatic rings. The zero-order valence-electron chi connectivity index (χ0n) is 13.3. The third kappa shape index (κ3) is 4.47. The van der Waals surface area contributed by atoms with Crippen LogP contribution in [0.2, 0.25) is 0 Å². The van der Waals surface area contributed by atoms with Crippen LogP contribution in [0, 0.1) is 5.92 Å². The Labute approximate surface area is 121 Å². The van der Waals surface area contributed by atoms with Crippen LogP contribution < -0.4 is 0 Å². The second-order valence-electron chi connectivity index (χ2n) is 6.63. The Balaban J connectivity index is 2.55. The minimum atomic E-state index is -0.466. The minimum absolute atomic E-state index is 0.259. The van der Waals surface area contributed by atoms with Crippen LogP contribution in [0.1, 0.15) is 47.0 Å². The fourth-order valence-electron chi connectivity index (χ4n) is 2.58. The Morgan fingerprint density at radius 1 is 1.25 bits per heavy atom. The van der Waals surface area contributed by atoms with Gasteiger partial charge in [-0.05, 0) is 46.5 Å². The van der Waals surface area contributed by atoms with Gasteiger partial charge in [-0.3, -0.25) is 0 Å². The van der Waals surface area contributed by atoms with Crippen molar-refractivity contribution in [1.82, 2.24) is 4.90 Å². The van der Waals surface area contributed by atoms with E-state index in [1.54, 1.807) is 12.0 Å². The molecule has 0 spiro atoms. The average Bonchev–Trinajstić information content (AvgIpc) is 2.37. The highest BCUT2D eigenvalue weighted by molar-refractivity contribution is 5.68. The number of hydrogen-bond acceptors (Lipinski definition) is 4. The maximum absolute atomic E-state index is 12.0. The molecule has 1 rings (SSSR count). The molecule has 5 nitrogen and oxygen atoms in total. The lowest BCUT2D eigenvalue weighted by Gasteiger charge is -2.41. The SMILES string of the molecule is COC(C)(CC=O)C1CCN(C(=O)OC(C)(C)C)CC1. The molecule has 0 aromatic heterocycles. The standard InChI is InChI=1S/C15H27NO4/c1-14(2,3)20-13(18)16-9-6-12(7-10-16)15(4,19-5)8-11-17/h11-12H,6-10H2,1-5H3. The Kier molecular flexibility index (Phi) is 5.57. The van der Waals surface area contributed by atoms with Crippen molar-refractivity contribution in [3.05, 3.63) is 0 Å². The molecule has 0 bridgehead atoms. The molecule has 1 unspecified atom stereocenters. The smallest absolute Gasteiger partial charge is 0.410 e. The maximum atomic E-state index is 12.0. The third-order valence-corrected chi connectivity index (χ3v) is 3.97. The molecule has 0 saturated carbocycles. The van der Waals surface area contributed by atoms with Gasteiger partial charge in [0, 0.05) is 26.6 Å². The predicted octanol–water partition coefficient (Wildman–Crippen LogP) is 2.63. The minimum Gasteiger partial charge on any atom is -0.444 e. The van der Waals surface area contributed by atoms with E-state index in [1.165, 1.54) is 0 Å². The fourth-order valence-corrected chi connectivity index (χ4v) is 2.58. The monoisotopic (exact) mass is 285 g/mol. The summed E-state index contributed by atoms with van der Waals surface area (Å²) in [6.45, 7) is 8.86. The van der Waals surface area contributed by atoms with Crippen molar-refractivity contribution in [1.29, 1.82) is 0 Å². The van der Waals surface area contributed by atoms with Crippen molar-refractivity contribution in [3.8, 4) is 0 Å². The first-order valence-electron chi connectivity index (χ1n) is 7.18. The number of aldehydes is 1. The highest BCUT2D eigenvalue weighted by atomic mass is 16.6. The number of methoxy groups -OCH3 is 1. The summed E-state index contributed by atoms with van der Waals surface area (Å²) in [5, 5.41) is 0. The van der Waals surface area contributed by atoms with E-state index in [0.717, 1.165) is 19.1 Å². The number of hydrogen-bond donors (Lipinski definition) is 0. The van der Waals surface area contributed by atoms with E-state index < -0.39 is 11.2 Å². The topological polar surface area (TPSA) is 55.8 Å². The van der Waals surface area contributed by atoms with Crippen molar-refractivity contribution < 1.29 is 19.1 Å². The molecule has 20 heavy (non-hydrogen) atoms. The Hall–Kier alpha value is -1.10. The molecule has 1 atom stereocenters. The zero-order chi connectivity index (χ0) is 15.4. The van der Waals surface area contributed by atoms with Crippen LogP contribution >= 0.6 is 0 Å². The number of nitrogens with zero attached hydrogens (tertiary/aromatic N) is 1. The van der Waals surface area contributed by atoms with Gasteiger partial charge < -0.3 is 19.2 Å². The number of piperidine rings is 1. The Morgan fingerprint density at radius 3 is 2.20 bits per heavy atom. The van der Waals surface area contributed by atoms with Gasteiger partial charge in [-0.25, -0.2) is 4.79 Å². The Morgan fingerprint density at radius 2 is 1.80 bits per heavy atom. The summed E-state index contributed by atoms with van der Waals surface area (Å²) in [4.78, 5) is 24.5. The molecule has 0 aliphatic carbocycles. The number of carbonyl (C=O) groups excluding carboxylic acids is 2. The largest absolute Gasteiger partial charge is 0.444 e. The van der Waals surface area contributed by atoms with Gasteiger partial charge in [-0.15, -0.1) is 0 Å². The molecular formula is C15H27NO4. The molecule has 116 valence electrons. The molecule has 0 radical (unpaired) electrons. The molecule has 1 heterocycles. The maximum Gasteiger partial charge on any atom is 0.410 e. The van der Waals surface area contributed by atoms with Gasteiger partial charge in [0.25, 0.3) is 0 Å². The van der Waals surface area contributed by atoms with Crippen LogP contribution in [0.5, 0.6) is 0 Å². The van der Waals surface area contributed by atoms with Crippen LogP contribution in [-0.2, 0) is 14.3 Å². The molecule has 0 aromatic carbocycles. The van der Waals surface area contributed by atoms with Gasteiger partial charge in [0.1, 0.15) is 11.9 Å². The molecule has 0 N–H and O–H groups in total. The lowest BCUT2D eigenvalue weighted by molar-refractivity contribution is -0.118. The summed E-state index contributed by atoms with van der Waals surface area (Å²) in [5.74, 6) is 0.288. The van der Waals surface area contributed by atoms with E-state index >= 15 is 0 Å². The average molecular weight is 285 g/mol. The van der Waals surface area contributed by atoms with E-state index in [0.29, 0.717) is 19.5 Å². The predicted molar refractivity (Wildman–Crippen MR) is 76.6 cm³/mol. The molecule has 5 heteroatoms. The second-order valence-corrected chi connectivity index (χ2v) is 6.63. The summed E-state index contributed by atoms with van der Waals surface area (Å²) in [7, 11) is 1.64. The van der Waals surface area contributed by atoms with E-state index in [1.807, 2.05) is 27.7 Å². The second kappa shape index (κ2) is 6.57. The number of amides is 1. The number of carbonyl (C=O) groups is 2. The molecule has 1 fully saturated rings.